The Hall–Kier alpha value is -0.923. The Balaban J connectivity index is 4.04. The average molecular weight is 250 g/mol. The lowest BCUT2D eigenvalue weighted by atomic mass is 10.0. The van der Waals surface area contributed by atoms with E-state index in [-0.39, 0.29) is 12.8 Å². The monoisotopic (exact) mass is 250 g/mol. The molecule has 0 aliphatic rings. The van der Waals surface area contributed by atoms with Gasteiger partial charge in [-0.15, -0.1) is 0 Å². The molecule has 2 atom stereocenters. The fraction of sp³-hybridized carbons (Fsp3) is 0.778. The Morgan fingerprint density at radius 2 is 1.94 bits per heavy atom. The Bertz CT molecular complexity index is 252. The van der Waals surface area contributed by atoms with E-state index < -0.39 is 26.4 Å². The first kappa shape index (κ1) is 15.1. The highest BCUT2D eigenvalue weighted by Crippen LogP contribution is 2.18. The van der Waals surface area contributed by atoms with Gasteiger partial charge in [0.25, 0.3) is 0 Å². The summed E-state index contributed by atoms with van der Waals surface area (Å²) in [6.07, 6.45) is 0.317. The normalized spacial score (nSPS) is 16.4. The topological polar surface area (TPSA) is 104 Å². The van der Waals surface area contributed by atoms with Crippen LogP contribution in [0.2, 0.25) is 12.6 Å². The highest BCUT2D eigenvalue weighted by molar-refractivity contribution is 6.64. The third-order valence-electron chi connectivity index (χ3n) is 2.40. The zero-order valence-corrected chi connectivity index (χ0v) is 10.5. The van der Waals surface area contributed by atoms with Gasteiger partial charge in [-0.1, -0.05) is 6.42 Å². The summed E-state index contributed by atoms with van der Waals surface area (Å²) in [6.45, 7) is 1.61. The molecular weight excluding hydrogens is 232 g/mol. The summed E-state index contributed by atoms with van der Waals surface area (Å²) < 4.78 is 4.89. The van der Waals surface area contributed by atoms with Crippen molar-refractivity contribution in [1.29, 1.82) is 0 Å². The van der Waals surface area contributed by atoms with E-state index in [9.17, 15) is 14.4 Å². The molecule has 0 saturated heterocycles. The molecule has 0 saturated carbocycles. The van der Waals surface area contributed by atoms with Crippen molar-refractivity contribution in [2.75, 3.05) is 7.11 Å². The minimum atomic E-state index is -2.66. The molecule has 6 nitrogen and oxygen atoms in total. The first-order valence-corrected chi connectivity index (χ1v) is 7.57. The van der Waals surface area contributed by atoms with Gasteiger partial charge in [0.05, 0.1) is 12.3 Å². The maximum absolute atomic E-state index is 10.7. The number of carbonyl (C=O) groups is 2. The molecular formula is C9H18O6Si. The van der Waals surface area contributed by atoms with Gasteiger partial charge in [0.15, 0.2) is 0 Å². The maximum atomic E-state index is 10.7. The Labute approximate surface area is 95.1 Å². The summed E-state index contributed by atoms with van der Waals surface area (Å²) in [5, 5.41) is 17.3. The van der Waals surface area contributed by atoms with E-state index in [1.54, 1.807) is 6.55 Å². The SMILES string of the molecule is CO[Si](C)(O)CCCC(CC(=O)O)C(=O)O. The molecule has 94 valence electrons. The third-order valence-corrected chi connectivity index (χ3v) is 4.56. The molecule has 16 heavy (non-hydrogen) atoms. The van der Waals surface area contributed by atoms with Gasteiger partial charge in [-0.25, -0.2) is 0 Å². The van der Waals surface area contributed by atoms with Crippen molar-refractivity contribution in [2.24, 2.45) is 5.92 Å². The molecule has 0 aromatic rings. The summed E-state index contributed by atoms with van der Waals surface area (Å²) >= 11 is 0. The van der Waals surface area contributed by atoms with E-state index in [4.69, 9.17) is 14.6 Å². The van der Waals surface area contributed by atoms with Crippen molar-refractivity contribution < 1.29 is 29.0 Å². The van der Waals surface area contributed by atoms with Gasteiger partial charge in [0.2, 0.25) is 0 Å². The van der Waals surface area contributed by atoms with Crippen LogP contribution < -0.4 is 0 Å². The summed E-state index contributed by atoms with van der Waals surface area (Å²) in [7, 11) is -1.24. The van der Waals surface area contributed by atoms with E-state index in [1.165, 1.54) is 7.11 Å². The molecule has 7 heteroatoms. The molecule has 0 fully saturated rings. The highest BCUT2D eigenvalue weighted by Gasteiger charge is 2.27. The quantitative estimate of drug-likeness (QED) is 0.546. The Morgan fingerprint density at radius 1 is 1.38 bits per heavy atom. The zero-order valence-electron chi connectivity index (χ0n) is 9.47. The van der Waals surface area contributed by atoms with Crippen LogP contribution in [0, 0.1) is 5.92 Å². The van der Waals surface area contributed by atoms with E-state index in [2.05, 4.69) is 0 Å². The fourth-order valence-corrected chi connectivity index (χ4v) is 2.37. The number of hydrogen-bond donors (Lipinski definition) is 3. The second-order valence-electron chi connectivity index (χ2n) is 3.90. The average Bonchev–Trinajstić information content (AvgIpc) is 2.15. The minimum Gasteiger partial charge on any atom is -0.481 e. The molecule has 0 bridgehead atoms. The van der Waals surface area contributed by atoms with E-state index in [1.807, 2.05) is 0 Å². The zero-order chi connectivity index (χ0) is 12.8. The number of aliphatic carboxylic acids is 2. The summed E-state index contributed by atoms with van der Waals surface area (Å²) in [6, 6.07) is 0.410. The van der Waals surface area contributed by atoms with Gasteiger partial charge in [0, 0.05) is 7.11 Å². The molecule has 0 heterocycles. The Kier molecular flexibility index (Phi) is 6.23. The lowest BCUT2D eigenvalue weighted by Gasteiger charge is -2.18. The van der Waals surface area contributed by atoms with Crippen LogP contribution in [0.1, 0.15) is 19.3 Å². The Morgan fingerprint density at radius 3 is 2.31 bits per heavy atom. The summed E-state index contributed by atoms with van der Waals surface area (Å²) in [5.41, 5.74) is 0. The van der Waals surface area contributed by atoms with Crippen LogP contribution in [-0.2, 0) is 14.0 Å². The van der Waals surface area contributed by atoms with E-state index >= 15 is 0 Å². The second-order valence-corrected chi connectivity index (χ2v) is 7.16. The van der Waals surface area contributed by atoms with Crippen molar-refractivity contribution in [2.45, 2.75) is 31.9 Å². The van der Waals surface area contributed by atoms with Gasteiger partial charge in [0.1, 0.15) is 0 Å². The third kappa shape index (κ3) is 6.54. The molecule has 0 aromatic heterocycles. The van der Waals surface area contributed by atoms with Crippen molar-refractivity contribution in [3.8, 4) is 0 Å². The van der Waals surface area contributed by atoms with Gasteiger partial charge < -0.3 is 19.4 Å². The molecule has 2 unspecified atom stereocenters. The van der Waals surface area contributed by atoms with E-state index in [0.717, 1.165) is 0 Å². The van der Waals surface area contributed by atoms with Crippen LogP contribution >= 0.6 is 0 Å². The molecule has 0 aromatic carbocycles. The molecule has 3 N–H and O–H groups in total. The second kappa shape index (κ2) is 6.61. The number of hydrogen-bond acceptors (Lipinski definition) is 4. The standard InChI is InChI=1S/C9H18O6Si/c1-15-16(2,14)5-3-4-7(9(12)13)6-8(10)11/h7,14H,3-6H2,1-2H3,(H,10,11)(H,12,13). The van der Waals surface area contributed by atoms with Crippen LogP contribution in [-0.4, -0.2) is 42.6 Å². The van der Waals surface area contributed by atoms with Crippen LogP contribution in [0.4, 0.5) is 0 Å². The fourth-order valence-electron chi connectivity index (χ4n) is 1.30. The van der Waals surface area contributed by atoms with Gasteiger partial charge in [-0.05, 0) is 19.0 Å². The van der Waals surface area contributed by atoms with Crippen molar-refractivity contribution in [3.63, 3.8) is 0 Å². The van der Waals surface area contributed by atoms with Crippen LogP contribution in [0.15, 0.2) is 0 Å². The molecule has 0 spiro atoms. The van der Waals surface area contributed by atoms with E-state index in [0.29, 0.717) is 12.5 Å². The maximum Gasteiger partial charge on any atom is 0.331 e. The first-order chi connectivity index (χ1) is 7.28. The molecule has 0 amide bonds. The van der Waals surface area contributed by atoms with Gasteiger partial charge in [-0.3, -0.25) is 9.59 Å². The van der Waals surface area contributed by atoms with Crippen molar-refractivity contribution >= 4 is 20.5 Å². The van der Waals surface area contributed by atoms with Gasteiger partial charge in [-0.2, -0.15) is 0 Å². The van der Waals surface area contributed by atoms with Crippen LogP contribution in [0.3, 0.4) is 0 Å². The first-order valence-electron chi connectivity index (χ1n) is 5.00. The smallest absolute Gasteiger partial charge is 0.331 e. The molecule has 0 aliphatic carbocycles. The summed E-state index contributed by atoms with van der Waals surface area (Å²) in [5.74, 6) is -3.12. The lowest BCUT2D eigenvalue weighted by molar-refractivity contribution is -0.148. The number of carboxylic acids is 2. The largest absolute Gasteiger partial charge is 0.481 e. The predicted octanol–water partition coefficient (Wildman–Crippen LogP) is 0.653. The highest BCUT2D eigenvalue weighted by atomic mass is 28.4. The van der Waals surface area contributed by atoms with Crippen LogP contribution in [0.5, 0.6) is 0 Å². The molecule has 0 rings (SSSR count). The minimum absolute atomic E-state index is 0.244. The van der Waals surface area contributed by atoms with Crippen molar-refractivity contribution in [3.05, 3.63) is 0 Å². The van der Waals surface area contributed by atoms with Crippen molar-refractivity contribution in [1.82, 2.24) is 0 Å². The number of rotatable bonds is 8. The predicted molar refractivity (Wildman–Crippen MR) is 58.3 cm³/mol. The summed E-state index contributed by atoms with van der Waals surface area (Å²) in [4.78, 5) is 30.7. The molecule has 0 radical (unpaired) electrons. The van der Waals surface area contributed by atoms with Gasteiger partial charge >= 0.3 is 20.5 Å². The molecule has 0 aliphatic heterocycles. The lowest BCUT2D eigenvalue weighted by Crippen LogP contribution is -2.33. The van der Waals surface area contributed by atoms with Crippen LogP contribution in [0.25, 0.3) is 0 Å². The number of carboxylic acid groups (broad SMARTS) is 2.